The number of carbonyl (C=O) groups is 1. The summed E-state index contributed by atoms with van der Waals surface area (Å²) >= 11 is 0. The maximum atomic E-state index is 11.5. The van der Waals surface area contributed by atoms with Crippen LogP contribution in [0.4, 0.5) is 0 Å². The summed E-state index contributed by atoms with van der Waals surface area (Å²) in [6.45, 7) is 11.5. The maximum Gasteiger partial charge on any atom is 0.302 e. The number of hydrogen-bond donors (Lipinski definition) is 0. The van der Waals surface area contributed by atoms with Gasteiger partial charge in [0.05, 0.1) is 0 Å². The molecule has 0 aromatic rings. The molecule has 1 unspecified atom stereocenters. The first-order chi connectivity index (χ1) is 14.2. The van der Waals surface area contributed by atoms with E-state index < -0.39 is 0 Å². The number of esters is 1. The van der Waals surface area contributed by atoms with Crippen LogP contribution in [-0.2, 0) is 9.53 Å². The van der Waals surface area contributed by atoms with Gasteiger partial charge in [-0.2, -0.15) is 0 Å². The van der Waals surface area contributed by atoms with Crippen LogP contribution in [0.1, 0.15) is 112 Å². The molecule has 0 bridgehead atoms. The molecule has 0 heterocycles. The van der Waals surface area contributed by atoms with Crippen LogP contribution in [-0.4, -0.2) is 12.1 Å². The first-order valence-electron chi connectivity index (χ1n) is 13.1. The van der Waals surface area contributed by atoms with Gasteiger partial charge in [-0.05, 0) is 91.8 Å². The van der Waals surface area contributed by atoms with Crippen molar-refractivity contribution in [2.24, 2.45) is 40.4 Å². The predicted molar refractivity (Wildman–Crippen MR) is 124 cm³/mol. The Balaban J connectivity index is 1.44. The Hall–Kier alpha value is -0.790. The van der Waals surface area contributed by atoms with Crippen LogP contribution in [0.15, 0.2) is 11.6 Å². The highest BCUT2D eigenvalue weighted by atomic mass is 16.5. The zero-order valence-electron chi connectivity index (χ0n) is 20.3. The molecule has 0 aromatic carbocycles. The fraction of sp³-hybridized carbons (Fsp3) is 0.893. The second-order valence-electron chi connectivity index (χ2n) is 12.2. The molecule has 170 valence electrons. The Labute approximate surface area is 185 Å². The molecule has 3 fully saturated rings. The molecule has 4 aliphatic rings. The van der Waals surface area contributed by atoms with Gasteiger partial charge in [-0.1, -0.05) is 58.6 Å². The van der Waals surface area contributed by atoms with Crippen molar-refractivity contribution < 1.29 is 9.53 Å². The third kappa shape index (κ3) is 4.02. The van der Waals surface area contributed by atoms with E-state index in [1.807, 2.05) is 0 Å². The third-order valence-electron chi connectivity index (χ3n) is 10.2. The number of fused-ring (bicyclic) bond motifs is 5. The summed E-state index contributed by atoms with van der Waals surface area (Å²) in [5.41, 5.74) is 2.57. The monoisotopic (exact) mass is 414 g/mol. The van der Waals surface area contributed by atoms with Crippen LogP contribution >= 0.6 is 0 Å². The summed E-state index contributed by atoms with van der Waals surface area (Å²) in [5, 5.41) is 0. The minimum absolute atomic E-state index is 0.114. The summed E-state index contributed by atoms with van der Waals surface area (Å²) < 4.78 is 5.60. The molecule has 0 radical (unpaired) electrons. The molecule has 2 nitrogen and oxygen atoms in total. The van der Waals surface area contributed by atoms with Crippen LogP contribution < -0.4 is 0 Å². The van der Waals surface area contributed by atoms with Crippen LogP contribution in [0.3, 0.4) is 0 Å². The van der Waals surface area contributed by atoms with Crippen molar-refractivity contribution in [1.29, 1.82) is 0 Å². The first kappa shape index (κ1) is 22.4. The van der Waals surface area contributed by atoms with Crippen molar-refractivity contribution in [2.75, 3.05) is 0 Å². The van der Waals surface area contributed by atoms with Gasteiger partial charge in [-0.15, -0.1) is 0 Å². The van der Waals surface area contributed by atoms with E-state index in [4.69, 9.17) is 4.74 Å². The standard InChI is InChI=1S/C28H46O2/c1-19(2)8-6-7-9-21-11-13-25-24-12-10-22-18-23(30-20(3)29)14-16-28(22,5)26(24)15-17-27(21,25)4/h10,19,21,23-26H,6-9,11-18H2,1-5H3/t21?,23-,24-,25-,26-,27+,28-/m0/s1. The minimum Gasteiger partial charge on any atom is -0.462 e. The second kappa shape index (κ2) is 8.62. The van der Waals surface area contributed by atoms with E-state index in [0.29, 0.717) is 10.8 Å². The number of ether oxygens (including phenoxy) is 1. The van der Waals surface area contributed by atoms with Gasteiger partial charge in [0, 0.05) is 13.3 Å². The Morgan fingerprint density at radius 3 is 2.63 bits per heavy atom. The number of carbonyl (C=O) groups excluding carboxylic acids is 1. The molecule has 0 aromatic heterocycles. The zero-order chi connectivity index (χ0) is 21.5. The number of rotatable bonds is 6. The zero-order valence-corrected chi connectivity index (χ0v) is 20.3. The lowest BCUT2D eigenvalue weighted by Crippen LogP contribution is -2.50. The van der Waals surface area contributed by atoms with Crippen molar-refractivity contribution in [1.82, 2.24) is 0 Å². The lowest BCUT2D eigenvalue weighted by Gasteiger charge is -2.58. The number of hydrogen-bond acceptors (Lipinski definition) is 2. The highest BCUT2D eigenvalue weighted by Crippen LogP contribution is 2.66. The lowest BCUT2D eigenvalue weighted by molar-refractivity contribution is -0.148. The van der Waals surface area contributed by atoms with Crippen molar-refractivity contribution in [3.05, 3.63) is 11.6 Å². The molecular weight excluding hydrogens is 368 g/mol. The summed E-state index contributed by atoms with van der Waals surface area (Å²) in [7, 11) is 0. The van der Waals surface area contributed by atoms with E-state index in [1.165, 1.54) is 64.2 Å². The van der Waals surface area contributed by atoms with E-state index in [-0.39, 0.29) is 12.1 Å². The molecule has 4 rings (SSSR count). The number of unbranched alkanes of at least 4 members (excludes halogenated alkanes) is 1. The van der Waals surface area contributed by atoms with E-state index in [1.54, 1.807) is 12.5 Å². The Bertz CT molecular complexity index is 664. The van der Waals surface area contributed by atoms with Crippen molar-refractivity contribution in [2.45, 2.75) is 118 Å². The van der Waals surface area contributed by atoms with Gasteiger partial charge in [-0.3, -0.25) is 4.79 Å². The van der Waals surface area contributed by atoms with Crippen LogP contribution in [0, 0.1) is 40.4 Å². The molecule has 0 spiro atoms. The van der Waals surface area contributed by atoms with Crippen molar-refractivity contribution in [3.63, 3.8) is 0 Å². The van der Waals surface area contributed by atoms with Gasteiger partial charge in [0.2, 0.25) is 0 Å². The van der Waals surface area contributed by atoms with E-state index in [9.17, 15) is 4.79 Å². The van der Waals surface area contributed by atoms with Gasteiger partial charge in [-0.25, -0.2) is 0 Å². The third-order valence-corrected chi connectivity index (χ3v) is 10.2. The smallest absolute Gasteiger partial charge is 0.302 e. The average Bonchev–Trinajstić information content (AvgIpc) is 3.01. The van der Waals surface area contributed by atoms with E-state index in [0.717, 1.165) is 42.4 Å². The summed E-state index contributed by atoms with van der Waals surface area (Å²) in [4.78, 5) is 11.5. The van der Waals surface area contributed by atoms with Gasteiger partial charge >= 0.3 is 5.97 Å². The molecule has 0 N–H and O–H groups in total. The Morgan fingerprint density at radius 2 is 1.90 bits per heavy atom. The molecule has 2 heteroatoms. The average molecular weight is 415 g/mol. The van der Waals surface area contributed by atoms with Crippen LogP contribution in [0.25, 0.3) is 0 Å². The molecule has 3 saturated carbocycles. The number of allylic oxidation sites excluding steroid dienone is 1. The molecule has 0 amide bonds. The summed E-state index contributed by atoms with van der Waals surface area (Å²) in [6.07, 6.45) is 18.8. The Morgan fingerprint density at radius 1 is 1.10 bits per heavy atom. The molecule has 0 aliphatic heterocycles. The fourth-order valence-electron chi connectivity index (χ4n) is 8.49. The highest BCUT2D eigenvalue weighted by molar-refractivity contribution is 5.66. The minimum atomic E-state index is -0.114. The molecule has 30 heavy (non-hydrogen) atoms. The lowest BCUT2D eigenvalue weighted by atomic mass is 9.47. The SMILES string of the molecule is CC(=O)O[C@H]1CC[C@@]2(C)C(=CC[C@@H]3[C@@H]2CC[C@]2(C)C(CCCCC(C)C)CC[C@@H]32)C1. The molecule has 0 saturated heterocycles. The van der Waals surface area contributed by atoms with E-state index in [2.05, 4.69) is 33.8 Å². The van der Waals surface area contributed by atoms with Crippen molar-refractivity contribution in [3.8, 4) is 0 Å². The fourth-order valence-corrected chi connectivity index (χ4v) is 8.49. The molecular formula is C28H46O2. The van der Waals surface area contributed by atoms with Gasteiger partial charge in [0.15, 0.2) is 0 Å². The summed E-state index contributed by atoms with van der Waals surface area (Å²) in [5.74, 6) is 4.39. The maximum absolute atomic E-state index is 11.5. The van der Waals surface area contributed by atoms with Gasteiger partial charge in [0.1, 0.15) is 6.10 Å². The molecule has 4 aliphatic carbocycles. The largest absolute Gasteiger partial charge is 0.462 e. The summed E-state index contributed by atoms with van der Waals surface area (Å²) in [6, 6.07) is 0. The quantitative estimate of drug-likeness (QED) is 0.253. The Kier molecular flexibility index (Phi) is 6.44. The second-order valence-corrected chi connectivity index (χ2v) is 12.2. The van der Waals surface area contributed by atoms with Crippen LogP contribution in [0.2, 0.25) is 0 Å². The first-order valence-corrected chi connectivity index (χ1v) is 13.1. The highest BCUT2D eigenvalue weighted by Gasteiger charge is 2.58. The normalized spacial score (nSPS) is 42.9. The van der Waals surface area contributed by atoms with Crippen molar-refractivity contribution >= 4 is 5.97 Å². The van der Waals surface area contributed by atoms with Crippen LogP contribution in [0.5, 0.6) is 0 Å². The molecule has 7 atom stereocenters. The van der Waals surface area contributed by atoms with Gasteiger partial charge in [0.25, 0.3) is 0 Å². The predicted octanol–water partition coefficient (Wildman–Crippen LogP) is 7.71. The van der Waals surface area contributed by atoms with E-state index >= 15 is 0 Å². The van der Waals surface area contributed by atoms with Gasteiger partial charge < -0.3 is 4.74 Å². The topological polar surface area (TPSA) is 26.3 Å².